The van der Waals surface area contributed by atoms with Crippen LogP contribution in [-0.2, 0) is 16.4 Å². The molecule has 0 aliphatic carbocycles. The molecule has 0 fully saturated rings. The maximum absolute atomic E-state index is 13.4. The first-order valence-electron chi connectivity index (χ1n) is 5.91. The number of H-pyrrole nitrogens is 1. The lowest BCUT2D eigenvalue weighted by atomic mass is 10.1. The zero-order chi connectivity index (χ0) is 14.6. The Morgan fingerprint density at radius 2 is 1.95 bits per heavy atom. The number of sulfonamides is 1. The van der Waals surface area contributed by atoms with E-state index in [0.29, 0.717) is 5.56 Å². The first-order chi connectivity index (χ1) is 9.50. The van der Waals surface area contributed by atoms with Gasteiger partial charge in [0.2, 0.25) is 15.5 Å². The van der Waals surface area contributed by atoms with Crippen LogP contribution in [0.15, 0.2) is 52.4 Å². The van der Waals surface area contributed by atoms with Gasteiger partial charge in [-0.3, -0.25) is 4.79 Å². The Kier molecular flexibility index (Phi) is 4.31. The van der Waals surface area contributed by atoms with Gasteiger partial charge in [0, 0.05) is 25.0 Å². The van der Waals surface area contributed by atoms with Gasteiger partial charge in [-0.2, -0.15) is 0 Å². The van der Waals surface area contributed by atoms with Crippen LogP contribution < -0.4 is 10.2 Å². The van der Waals surface area contributed by atoms with Crippen molar-refractivity contribution in [2.24, 2.45) is 0 Å². The molecule has 0 amide bonds. The molecule has 2 rings (SSSR count). The molecule has 0 saturated heterocycles. The SMILES string of the molecule is O=c1cc[nH]cc1S(=O)(=O)NCCc1ccccc1F. The summed E-state index contributed by atoms with van der Waals surface area (Å²) in [5, 5.41) is 0. The van der Waals surface area contributed by atoms with Gasteiger partial charge in [-0.25, -0.2) is 17.5 Å². The first kappa shape index (κ1) is 14.4. The third kappa shape index (κ3) is 3.31. The number of benzene rings is 1. The lowest BCUT2D eigenvalue weighted by molar-refractivity contribution is 0.576. The molecule has 1 heterocycles. The summed E-state index contributed by atoms with van der Waals surface area (Å²) < 4.78 is 39.4. The van der Waals surface area contributed by atoms with Crippen LogP contribution in [0.5, 0.6) is 0 Å². The van der Waals surface area contributed by atoms with Gasteiger partial charge in [0.25, 0.3) is 0 Å². The molecule has 0 atom stereocenters. The topological polar surface area (TPSA) is 79.0 Å². The molecule has 1 aromatic carbocycles. The molecule has 2 aromatic rings. The van der Waals surface area contributed by atoms with Crippen LogP contribution in [0.2, 0.25) is 0 Å². The van der Waals surface area contributed by atoms with Gasteiger partial charge in [0.05, 0.1) is 0 Å². The molecule has 2 N–H and O–H groups in total. The Balaban J connectivity index is 2.06. The molecule has 0 unspecified atom stereocenters. The summed E-state index contributed by atoms with van der Waals surface area (Å²) >= 11 is 0. The molecule has 0 radical (unpaired) electrons. The summed E-state index contributed by atoms with van der Waals surface area (Å²) in [6.45, 7) is 0.0115. The molecule has 0 bridgehead atoms. The molecule has 7 heteroatoms. The maximum atomic E-state index is 13.4. The van der Waals surface area contributed by atoms with Crippen LogP contribution in [-0.4, -0.2) is 19.9 Å². The van der Waals surface area contributed by atoms with Crippen molar-refractivity contribution >= 4 is 10.0 Å². The third-order valence-corrected chi connectivity index (χ3v) is 4.20. The van der Waals surface area contributed by atoms with Gasteiger partial charge in [-0.15, -0.1) is 0 Å². The third-order valence-electron chi connectivity index (χ3n) is 2.72. The molecular weight excluding hydrogens is 283 g/mol. The van der Waals surface area contributed by atoms with Crippen molar-refractivity contribution in [2.75, 3.05) is 6.54 Å². The highest BCUT2D eigenvalue weighted by Crippen LogP contribution is 2.07. The van der Waals surface area contributed by atoms with Crippen molar-refractivity contribution in [1.29, 1.82) is 0 Å². The van der Waals surface area contributed by atoms with Crippen LogP contribution in [0.1, 0.15) is 5.56 Å². The Morgan fingerprint density at radius 3 is 2.65 bits per heavy atom. The maximum Gasteiger partial charge on any atom is 0.245 e. The van der Waals surface area contributed by atoms with Gasteiger partial charge in [-0.1, -0.05) is 18.2 Å². The van der Waals surface area contributed by atoms with E-state index in [-0.39, 0.29) is 23.7 Å². The normalized spacial score (nSPS) is 11.4. The van der Waals surface area contributed by atoms with Gasteiger partial charge in [0.15, 0.2) is 0 Å². The molecule has 20 heavy (non-hydrogen) atoms. The summed E-state index contributed by atoms with van der Waals surface area (Å²) in [6.07, 6.45) is 2.67. The smallest absolute Gasteiger partial charge is 0.245 e. The quantitative estimate of drug-likeness (QED) is 0.865. The summed E-state index contributed by atoms with van der Waals surface area (Å²) in [5.41, 5.74) is -0.181. The molecule has 0 saturated carbocycles. The fourth-order valence-corrected chi connectivity index (χ4v) is 2.79. The minimum atomic E-state index is -3.89. The van der Waals surface area contributed by atoms with Gasteiger partial charge >= 0.3 is 0 Å². The number of pyridine rings is 1. The summed E-state index contributed by atoms with van der Waals surface area (Å²) in [5.74, 6) is -0.385. The molecule has 0 spiro atoms. The fraction of sp³-hybridized carbons (Fsp3) is 0.154. The Bertz CT molecular complexity index is 756. The van der Waals surface area contributed by atoms with Crippen molar-refractivity contribution in [3.63, 3.8) is 0 Å². The molecular formula is C13H13FN2O3S. The standard InChI is InChI=1S/C13H13FN2O3S/c14-11-4-2-1-3-10(11)5-8-16-20(18,19)13-9-15-7-6-12(13)17/h1-4,6-7,9,16H,5,8H2,(H,15,17). The molecule has 106 valence electrons. The van der Waals surface area contributed by atoms with E-state index in [4.69, 9.17) is 0 Å². The highest BCUT2D eigenvalue weighted by Gasteiger charge is 2.16. The number of hydrogen-bond donors (Lipinski definition) is 2. The van der Waals surface area contributed by atoms with Crippen LogP contribution in [0, 0.1) is 5.82 Å². The number of aromatic amines is 1. The van der Waals surface area contributed by atoms with E-state index in [9.17, 15) is 17.6 Å². The highest BCUT2D eigenvalue weighted by molar-refractivity contribution is 7.89. The summed E-state index contributed by atoms with van der Waals surface area (Å²) in [7, 11) is -3.89. The van der Waals surface area contributed by atoms with E-state index in [1.54, 1.807) is 18.2 Å². The Hall–Kier alpha value is -1.99. The van der Waals surface area contributed by atoms with E-state index in [1.807, 2.05) is 0 Å². The van der Waals surface area contributed by atoms with Crippen LogP contribution in [0.25, 0.3) is 0 Å². The Morgan fingerprint density at radius 1 is 1.20 bits per heavy atom. The van der Waals surface area contributed by atoms with E-state index < -0.39 is 15.5 Å². The van der Waals surface area contributed by atoms with Crippen LogP contribution in [0.4, 0.5) is 4.39 Å². The van der Waals surface area contributed by atoms with Gasteiger partial charge in [0.1, 0.15) is 10.7 Å². The average Bonchev–Trinajstić information content (AvgIpc) is 2.41. The second kappa shape index (κ2) is 5.98. The molecule has 1 aromatic heterocycles. The highest BCUT2D eigenvalue weighted by atomic mass is 32.2. The van der Waals surface area contributed by atoms with E-state index in [1.165, 1.54) is 12.3 Å². The first-order valence-corrected chi connectivity index (χ1v) is 7.39. The predicted molar refractivity (Wildman–Crippen MR) is 72.4 cm³/mol. The minimum Gasteiger partial charge on any atom is -0.366 e. The van der Waals surface area contributed by atoms with Crippen molar-refractivity contribution in [3.05, 3.63) is 64.3 Å². The van der Waals surface area contributed by atoms with E-state index in [2.05, 4.69) is 9.71 Å². The number of aromatic nitrogens is 1. The second-order valence-electron chi connectivity index (χ2n) is 4.11. The lowest BCUT2D eigenvalue weighted by Crippen LogP contribution is -2.30. The lowest BCUT2D eigenvalue weighted by Gasteiger charge is -2.06. The van der Waals surface area contributed by atoms with Crippen LogP contribution in [0.3, 0.4) is 0 Å². The molecule has 5 nitrogen and oxygen atoms in total. The van der Waals surface area contributed by atoms with Crippen molar-refractivity contribution < 1.29 is 12.8 Å². The van der Waals surface area contributed by atoms with Gasteiger partial charge in [-0.05, 0) is 18.1 Å². The fourth-order valence-electron chi connectivity index (χ4n) is 1.71. The number of nitrogens with one attached hydrogen (secondary N) is 2. The van der Waals surface area contributed by atoms with E-state index >= 15 is 0 Å². The average molecular weight is 296 g/mol. The number of rotatable bonds is 5. The van der Waals surface area contributed by atoms with Crippen LogP contribution >= 0.6 is 0 Å². The second-order valence-corrected chi connectivity index (χ2v) is 5.85. The molecule has 0 aliphatic heterocycles. The van der Waals surface area contributed by atoms with Crippen molar-refractivity contribution in [2.45, 2.75) is 11.3 Å². The molecule has 0 aliphatic rings. The van der Waals surface area contributed by atoms with Crippen molar-refractivity contribution in [1.82, 2.24) is 9.71 Å². The summed E-state index contributed by atoms with van der Waals surface area (Å²) in [6, 6.07) is 7.26. The van der Waals surface area contributed by atoms with Gasteiger partial charge < -0.3 is 4.98 Å². The minimum absolute atomic E-state index is 0.0115. The largest absolute Gasteiger partial charge is 0.366 e. The number of hydrogen-bond acceptors (Lipinski definition) is 3. The predicted octanol–water partition coefficient (Wildman–Crippen LogP) is 1.03. The summed E-state index contributed by atoms with van der Waals surface area (Å²) in [4.78, 5) is 13.6. The monoisotopic (exact) mass is 296 g/mol. The van der Waals surface area contributed by atoms with Crippen molar-refractivity contribution in [3.8, 4) is 0 Å². The number of halogens is 1. The van der Waals surface area contributed by atoms with E-state index in [0.717, 1.165) is 12.3 Å². The Labute approximate surface area is 115 Å². The zero-order valence-corrected chi connectivity index (χ0v) is 11.3. The zero-order valence-electron chi connectivity index (χ0n) is 10.5.